The summed E-state index contributed by atoms with van der Waals surface area (Å²) in [7, 11) is 0. The first kappa shape index (κ1) is 21.1. The summed E-state index contributed by atoms with van der Waals surface area (Å²) in [5.74, 6) is -0.531. The van der Waals surface area contributed by atoms with Crippen LogP contribution in [0.2, 0.25) is 0 Å². The van der Waals surface area contributed by atoms with Crippen molar-refractivity contribution in [2.75, 3.05) is 16.0 Å². The first-order chi connectivity index (χ1) is 16.6. The lowest BCUT2D eigenvalue weighted by molar-refractivity contribution is 0.102. The third-order valence-electron chi connectivity index (χ3n) is 5.22. The van der Waals surface area contributed by atoms with Crippen LogP contribution >= 0.6 is 0 Å². The van der Waals surface area contributed by atoms with Crippen molar-refractivity contribution >= 4 is 45.2 Å². The van der Waals surface area contributed by atoms with Crippen molar-refractivity contribution in [2.24, 2.45) is 0 Å². The van der Waals surface area contributed by atoms with Crippen LogP contribution in [0.25, 0.3) is 10.9 Å². The van der Waals surface area contributed by atoms with Crippen LogP contribution in [0.4, 0.5) is 32.8 Å². The molecule has 3 N–H and O–H groups in total. The second kappa shape index (κ2) is 9.38. The third-order valence-corrected chi connectivity index (χ3v) is 5.22. The Morgan fingerprint density at radius 1 is 0.706 bits per heavy atom. The highest BCUT2D eigenvalue weighted by Gasteiger charge is 2.08. The maximum absolute atomic E-state index is 13.7. The fourth-order valence-electron chi connectivity index (χ4n) is 3.56. The summed E-state index contributed by atoms with van der Waals surface area (Å²) in [5.41, 5.74) is 5.15. The summed E-state index contributed by atoms with van der Waals surface area (Å²) < 4.78 is 13.7. The minimum Gasteiger partial charge on any atom is -0.355 e. The Morgan fingerprint density at radius 2 is 1.47 bits per heavy atom. The van der Waals surface area contributed by atoms with Crippen LogP contribution in [0.15, 0.2) is 104 Å². The average molecular weight is 449 g/mol. The quantitative estimate of drug-likeness (QED) is 0.275. The number of hydrogen-bond donors (Lipinski definition) is 3. The molecule has 2 heterocycles. The van der Waals surface area contributed by atoms with Gasteiger partial charge in [-0.25, -0.2) is 4.39 Å². The van der Waals surface area contributed by atoms with Crippen molar-refractivity contribution < 1.29 is 9.18 Å². The van der Waals surface area contributed by atoms with Gasteiger partial charge in [-0.05, 0) is 78.9 Å². The number of nitrogens with one attached hydrogen (secondary N) is 3. The molecular formula is C27H20FN5O. The van der Waals surface area contributed by atoms with E-state index in [-0.39, 0.29) is 11.7 Å². The highest BCUT2D eigenvalue weighted by Crippen LogP contribution is 2.26. The average Bonchev–Trinajstić information content (AvgIpc) is 2.86. The Morgan fingerprint density at radius 3 is 2.29 bits per heavy atom. The van der Waals surface area contributed by atoms with E-state index < -0.39 is 0 Å². The van der Waals surface area contributed by atoms with Crippen molar-refractivity contribution in [3.05, 3.63) is 115 Å². The van der Waals surface area contributed by atoms with Gasteiger partial charge in [0.1, 0.15) is 5.82 Å². The molecule has 0 saturated heterocycles. The number of halogens is 1. The molecule has 0 aliphatic heterocycles. The van der Waals surface area contributed by atoms with Crippen LogP contribution in [0.3, 0.4) is 0 Å². The van der Waals surface area contributed by atoms with Crippen LogP contribution in [0.1, 0.15) is 10.4 Å². The molecule has 0 aliphatic carbocycles. The molecule has 5 aromatic rings. The van der Waals surface area contributed by atoms with E-state index in [4.69, 9.17) is 0 Å². The molecule has 0 saturated carbocycles. The molecule has 0 bridgehead atoms. The molecule has 0 unspecified atom stereocenters. The molecule has 7 heteroatoms. The van der Waals surface area contributed by atoms with E-state index in [9.17, 15) is 9.18 Å². The second-order valence-electron chi connectivity index (χ2n) is 7.62. The molecule has 1 amide bonds. The molecule has 0 aliphatic rings. The van der Waals surface area contributed by atoms with Gasteiger partial charge < -0.3 is 16.0 Å². The molecule has 34 heavy (non-hydrogen) atoms. The Hall–Kier alpha value is -4.78. The lowest BCUT2D eigenvalue weighted by Crippen LogP contribution is -2.12. The highest BCUT2D eigenvalue weighted by atomic mass is 19.1. The molecule has 2 aromatic heterocycles. The smallest absolute Gasteiger partial charge is 0.255 e. The Balaban J connectivity index is 1.27. The van der Waals surface area contributed by atoms with Crippen molar-refractivity contribution in [1.82, 2.24) is 9.97 Å². The maximum Gasteiger partial charge on any atom is 0.255 e. The van der Waals surface area contributed by atoms with E-state index in [0.29, 0.717) is 22.2 Å². The predicted octanol–water partition coefficient (Wildman–Crippen LogP) is 6.51. The van der Waals surface area contributed by atoms with E-state index >= 15 is 0 Å². The Kier molecular flexibility index (Phi) is 5.82. The van der Waals surface area contributed by atoms with Gasteiger partial charge in [0, 0.05) is 58.0 Å². The third kappa shape index (κ3) is 4.83. The van der Waals surface area contributed by atoms with E-state index in [1.807, 2.05) is 48.5 Å². The van der Waals surface area contributed by atoms with E-state index in [0.717, 1.165) is 22.7 Å². The molecule has 6 nitrogen and oxygen atoms in total. The van der Waals surface area contributed by atoms with Crippen molar-refractivity contribution in [2.45, 2.75) is 0 Å². The minimum atomic E-state index is -0.318. The topological polar surface area (TPSA) is 78.9 Å². The number of fused-ring (bicyclic) bond motifs is 1. The standard InChI is InChI=1S/C27H20FN5O/c28-19-4-9-25-24(17-19)26(12-15-30-25)32-20-5-7-21(8-6-20)33-27(34)18-2-1-3-23(16-18)31-22-10-13-29-14-11-22/h1-17H,(H,29,31)(H,30,32)(H,33,34). The van der Waals surface area contributed by atoms with Crippen LogP contribution in [0, 0.1) is 5.82 Å². The van der Waals surface area contributed by atoms with Gasteiger partial charge in [0.2, 0.25) is 0 Å². The summed E-state index contributed by atoms with van der Waals surface area (Å²) in [5, 5.41) is 10.1. The summed E-state index contributed by atoms with van der Waals surface area (Å²) in [4.78, 5) is 21.0. The molecule has 0 fully saturated rings. The zero-order valence-corrected chi connectivity index (χ0v) is 18.0. The number of amides is 1. The van der Waals surface area contributed by atoms with E-state index in [2.05, 4.69) is 25.9 Å². The molecule has 5 rings (SSSR count). The SMILES string of the molecule is O=C(Nc1ccc(Nc2ccnc3ccc(F)cc23)cc1)c1cccc(Nc2ccncc2)c1. The van der Waals surface area contributed by atoms with Gasteiger partial charge in [0.05, 0.1) is 5.52 Å². The Labute approximate surface area is 195 Å². The van der Waals surface area contributed by atoms with Gasteiger partial charge in [-0.1, -0.05) is 6.07 Å². The normalized spacial score (nSPS) is 10.6. The number of hydrogen-bond acceptors (Lipinski definition) is 5. The van der Waals surface area contributed by atoms with Crippen molar-refractivity contribution in [3.63, 3.8) is 0 Å². The van der Waals surface area contributed by atoms with Crippen LogP contribution in [-0.2, 0) is 0 Å². The largest absolute Gasteiger partial charge is 0.355 e. The number of anilines is 5. The molecule has 166 valence electrons. The van der Waals surface area contributed by atoms with Crippen molar-refractivity contribution in [1.29, 1.82) is 0 Å². The van der Waals surface area contributed by atoms with Gasteiger partial charge >= 0.3 is 0 Å². The molecule has 0 radical (unpaired) electrons. The molecular weight excluding hydrogens is 429 g/mol. The fourth-order valence-corrected chi connectivity index (χ4v) is 3.56. The van der Waals surface area contributed by atoms with E-state index in [1.165, 1.54) is 12.1 Å². The maximum atomic E-state index is 13.7. The highest BCUT2D eigenvalue weighted by molar-refractivity contribution is 6.05. The van der Waals surface area contributed by atoms with Crippen molar-refractivity contribution in [3.8, 4) is 0 Å². The number of carbonyl (C=O) groups is 1. The fraction of sp³-hybridized carbons (Fsp3) is 0. The summed E-state index contributed by atoms with van der Waals surface area (Å²) in [6.45, 7) is 0. The number of benzene rings is 3. The van der Waals surface area contributed by atoms with Gasteiger partial charge in [0.15, 0.2) is 0 Å². The summed E-state index contributed by atoms with van der Waals surface area (Å²) in [6, 6.07) is 24.6. The zero-order chi connectivity index (χ0) is 23.3. The zero-order valence-electron chi connectivity index (χ0n) is 18.0. The number of nitrogens with zero attached hydrogens (tertiary/aromatic N) is 2. The number of pyridine rings is 2. The van der Waals surface area contributed by atoms with Gasteiger partial charge in [-0.3, -0.25) is 14.8 Å². The molecule has 0 spiro atoms. The van der Waals surface area contributed by atoms with Gasteiger partial charge in [-0.2, -0.15) is 0 Å². The number of aromatic nitrogens is 2. The number of carbonyl (C=O) groups excluding carboxylic acids is 1. The van der Waals surface area contributed by atoms with Crippen LogP contribution in [0.5, 0.6) is 0 Å². The lowest BCUT2D eigenvalue weighted by Gasteiger charge is -2.11. The predicted molar refractivity (Wildman–Crippen MR) is 133 cm³/mol. The summed E-state index contributed by atoms with van der Waals surface area (Å²) >= 11 is 0. The van der Waals surface area contributed by atoms with Gasteiger partial charge in [-0.15, -0.1) is 0 Å². The minimum absolute atomic E-state index is 0.213. The summed E-state index contributed by atoms with van der Waals surface area (Å²) in [6.07, 6.45) is 5.08. The van der Waals surface area contributed by atoms with Crippen LogP contribution in [-0.4, -0.2) is 15.9 Å². The van der Waals surface area contributed by atoms with E-state index in [1.54, 1.807) is 42.9 Å². The first-order valence-electron chi connectivity index (χ1n) is 10.6. The molecule has 3 aromatic carbocycles. The number of rotatable bonds is 6. The van der Waals surface area contributed by atoms with Gasteiger partial charge in [0.25, 0.3) is 5.91 Å². The lowest BCUT2D eigenvalue weighted by atomic mass is 10.1. The second-order valence-corrected chi connectivity index (χ2v) is 7.62. The monoisotopic (exact) mass is 449 g/mol. The first-order valence-corrected chi connectivity index (χ1v) is 10.6. The molecule has 0 atom stereocenters. The van der Waals surface area contributed by atoms with Crippen LogP contribution < -0.4 is 16.0 Å². The Bertz CT molecular complexity index is 1460.